The highest BCUT2D eigenvalue weighted by Gasteiger charge is 1.93. The van der Waals surface area contributed by atoms with Crippen molar-refractivity contribution in [3.63, 3.8) is 0 Å². The normalized spacial score (nSPS) is 9.18. The van der Waals surface area contributed by atoms with Crippen LogP contribution in [0.15, 0.2) is 24.3 Å². The van der Waals surface area contributed by atoms with Crippen molar-refractivity contribution in [1.82, 2.24) is 0 Å². The van der Waals surface area contributed by atoms with Crippen molar-refractivity contribution in [3.8, 4) is 5.75 Å². The lowest BCUT2D eigenvalue weighted by Crippen LogP contribution is -1.97. The molecule has 1 aromatic rings. The fourth-order valence-electron chi connectivity index (χ4n) is 0.670. The van der Waals surface area contributed by atoms with Gasteiger partial charge in [0, 0.05) is 6.07 Å². The summed E-state index contributed by atoms with van der Waals surface area (Å²) >= 11 is 0. The van der Waals surface area contributed by atoms with Crippen molar-refractivity contribution < 1.29 is 13.9 Å². The maximum Gasteiger partial charge on any atom is 0.239 e. The number of hydrogen-bond acceptors (Lipinski definition) is 2. The predicted octanol–water partition coefficient (Wildman–Crippen LogP) is 1.31. The Morgan fingerprint density at radius 2 is 2.36 bits per heavy atom. The summed E-state index contributed by atoms with van der Waals surface area (Å²) in [5.41, 5.74) is 0. The van der Waals surface area contributed by atoms with Crippen LogP contribution < -0.4 is 4.74 Å². The Morgan fingerprint density at radius 3 is 3.00 bits per heavy atom. The summed E-state index contributed by atoms with van der Waals surface area (Å²) in [6.07, 6.45) is 1.54. The molecule has 0 bridgehead atoms. The maximum absolute atomic E-state index is 12.4. The van der Waals surface area contributed by atoms with Gasteiger partial charge < -0.3 is 4.74 Å². The lowest BCUT2D eigenvalue weighted by Gasteiger charge is -1.99. The van der Waals surface area contributed by atoms with E-state index in [1.807, 2.05) is 0 Å². The number of rotatable bonds is 3. The lowest BCUT2D eigenvalue weighted by atomic mass is 10.3. The smallest absolute Gasteiger partial charge is 0.239 e. The van der Waals surface area contributed by atoms with Crippen molar-refractivity contribution in [2.24, 2.45) is 0 Å². The Labute approximate surface area is 63.6 Å². The van der Waals surface area contributed by atoms with Crippen LogP contribution in [0.2, 0.25) is 0 Å². The molecule has 0 aliphatic carbocycles. The zero-order valence-corrected chi connectivity index (χ0v) is 5.71. The minimum Gasteiger partial charge on any atom is -0.485 e. The minimum atomic E-state index is -0.381. The van der Waals surface area contributed by atoms with Gasteiger partial charge in [-0.2, -0.15) is 0 Å². The Balaban J connectivity index is 2.63. The molecule has 0 saturated carbocycles. The van der Waals surface area contributed by atoms with Crippen molar-refractivity contribution in [1.29, 1.82) is 0 Å². The Kier molecular flexibility index (Phi) is 2.60. The van der Waals surface area contributed by atoms with Gasteiger partial charge in [0.05, 0.1) is 0 Å². The van der Waals surface area contributed by atoms with Gasteiger partial charge in [-0.25, -0.2) is 4.39 Å². The Hall–Kier alpha value is -1.38. The molecule has 0 unspecified atom stereocenters. The van der Waals surface area contributed by atoms with Crippen LogP contribution >= 0.6 is 0 Å². The molecule has 1 rings (SSSR count). The van der Waals surface area contributed by atoms with Crippen molar-refractivity contribution in [3.05, 3.63) is 30.1 Å². The summed E-state index contributed by atoms with van der Waals surface area (Å²) in [4.78, 5) is 9.72. The molecule has 0 aliphatic rings. The van der Waals surface area contributed by atoms with Gasteiger partial charge in [-0.3, -0.25) is 4.79 Å². The van der Waals surface area contributed by atoms with Crippen LogP contribution in [0, 0.1) is 5.82 Å². The first-order valence-electron chi connectivity index (χ1n) is 3.06. The van der Waals surface area contributed by atoms with Gasteiger partial charge in [-0.1, -0.05) is 6.07 Å². The molecule has 1 aromatic carbocycles. The quantitative estimate of drug-likeness (QED) is 0.654. The van der Waals surface area contributed by atoms with Gasteiger partial charge in [-0.15, -0.1) is 0 Å². The summed E-state index contributed by atoms with van der Waals surface area (Å²) < 4.78 is 17.2. The van der Waals surface area contributed by atoms with Crippen LogP contribution in [0.5, 0.6) is 5.75 Å². The molecule has 0 aromatic heterocycles. The van der Waals surface area contributed by atoms with Crippen molar-refractivity contribution in [2.45, 2.75) is 0 Å². The second kappa shape index (κ2) is 3.71. The molecule has 11 heavy (non-hydrogen) atoms. The molecule has 57 valence electrons. The molecule has 0 N–H and O–H groups in total. The average molecular weight is 153 g/mol. The molecule has 3 heteroatoms. The first-order valence-corrected chi connectivity index (χ1v) is 3.06. The molecule has 0 aliphatic heterocycles. The zero-order valence-electron chi connectivity index (χ0n) is 5.71. The Morgan fingerprint density at radius 1 is 1.55 bits per heavy atom. The summed E-state index contributed by atoms with van der Waals surface area (Å²) in [6, 6.07) is 5.59. The molecule has 0 fully saturated rings. The van der Waals surface area contributed by atoms with Gasteiger partial charge in [0.1, 0.15) is 11.6 Å². The number of hydrogen-bond donors (Lipinski definition) is 0. The largest absolute Gasteiger partial charge is 0.485 e. The standard InChI is InChI=1S/C8H6FO2/c9-7-2-1-3-8(6-7)11-5-4-10/h1-3,6H,5H2. The first kappa shape index (κ1) is 7.72. The van der Waals surface area contributed by atoms with Crippen LogP contribution in [-0.2, 0) is 4.79 Å². The Bertz CT molecular complexity index is 248. The van der Waals surface area contributed by atoms with E-state index in [2.05, 4.69) is 0 Å². The third-order valence-electron chi connectivity index (χ3n) is 1.09. The van der Waals surface area contributed by atoms with E-state index in [1.165, 1.54) is 18.2 Å². The van der Waals surface area contributed by atoms with E-state index in [-0.39, 0.29) is 12.4 Å². The molecule has 0 spiro atoms. The maximum atomic E-state index is 12.4. The fourth-order valence-corrected chi connectivity index (χ4v) is 0.670. The highest BCUT2D eigenvalue weighted by Crippen LogP contribution is 2.10. The molecule has 2 nitrogen and oxygen atoms in total. The van der Waals surface area contributed by atoms with Gasteiger partial charge in [0.2, 0.25) is 6.29 Å². The van der Waals surface area contributed by atoms with Crippen LogP contribution in [0.4, 0.5) is 4.39 Å². The predicted molar refractivity (Wildman–Crippen MR) is 37.6 cm³/mol. The van der Waals surface area contributed by atoms with E-state index < -0.39 is 0 Å². The van der Waals surface area contributed by atoms with Gasteiger partial charge in [-0.05, 0) is 12.1 Å². The van der Waals surface area contributed by atoms with Gasteiger partial charge in [0.25, 0.3) is 0 Å². The molecule has 0 heterocycles. The van der Waals surface area contributed by atoms with Crippen LogP contribution in [0.3, 0.4) is 0 Å². The summed E-state index contributed by atoms with van der Waals surface area (Å²) in [5, 5.41) is 0. The average Bonchev–Trinajstić information content (AvgIpc) is 2.01. The molecular weight excluding hydrogens is 147 g/mol. The first-order chi connectivity index (χ1) is 5.33. The van der Waals surface area contributed by atoms with Crippen LogP contribution in [0.1, 0.15) is 0 Å². The van der Waals surface area contributed by atoms with Crippen molar-refractivity contribution >= 4 is 6.29 Å². The molecule has 0 saturated heterocycles. The third-order valence-corrected chi connectivity index (χ3v) is 1.09. The van der Waals surface area contributed by atoms with E-state index in [1.54, 1.807) is 12.4 Å². The topological polar surface area (TPSA) is 26.3 Å². The van der Waals surface area contributed by atoms with E-state index in [9.17, 15) is 9.18 Å². The molecule has 0 amide bonds. The summed E-state index contributed by atoms with van der Waals surface area (Å²) in [6.45, 7) is -0.163. The highest BCUT2D eigenvalue weighted by molar-refractivity contribution is 5.52. The van der Waals surface area contributed by atoms with Gasteiger partial charge in [0.15, 0.2) is 6.61 Å². The van der Waals surface area contributed by atoms with Crippen LogP contribution in [-0.4, -0.2) is 12.9 Å². The van der Waals surface area contributed by atoms with Gasteiger partial charge >= 0.3 is 0 Å². The number of carbonyl (C=O) groups excluding carboxylic acids is 1. The van der Waals surface area contributed by atoms with Crippen molar-refractivity contribution in [2.75, 3.05) is 6.61 Å². The monoisotopic (exact) mass is 153 g/mol. The second-order valence-electron chi connectivity index (χ2n) is 1.89. The summed E-state index contributed by atoms with van der Waals surface area (Å²) in [5.74, 6) is -0.0400. The summed E-state index contributed by atoms with van der Waals surface area (Å²) in [7, 11) is 0. The third kappa shape index (κ3) is 2.37. The highest BCUT2D eigenvalue weighted by atomic mass is 19.1. The number of benzene rings is 1. The number of halogens is 1. The lowest BCUT2D eigenvalue weighted by molar-refractivity contribution is 0.362. The second-order valence-corrected chi connectivity index (χ2v) is 1.89. The zero-order chi connectivity index (χ0) is 8.10. The minimum absolute atomic E-state index is 0.163. The fraction of sp³-hybridized carbons (Fsp3) is 0.125. The SMILES string of the molecule is O=[C]COc1cccc(F)c1. The van der Waals surface area contributed by atoms with E-state index in [0.29, 0.717) is 5.75 Å². The molecule has 1 radical (unpaired) electrons. The van der Waals surface area contributed by atoms with E-state index in [0.717, 1.165) is 0 Å². The molecular formula is C8H6FO2. The molecule has 0 atom stereocenters. The number of ether oxygens (including phenoxy) is 1. The van der Waals surface area contributed by atoms with E-state index in [4.69, 9.17) is 4.74 Å². The van der Waals surface area contributed by atoms with Crippen LogP contribution in [0.25, 0.3) is 0 Å². The van der Waals surface area contributed by atoms with E-state index >= 15 is 0 Å².